The van der Waals surface area contributed by atoms with Gasteiger partial charge in [0.05, 0.1) is 19.6 Å². The number of carbonyl (C=O) groups excluding carboxylic acids is 1. The molecule has 1 fully saturated rings. The Morgan fingerprint density at radius 3 is 3.15 bits per heavy atom. The van der Waals surface area contributed by atoms with Gasteiger partial charge in [-0.05, 0) is 32.4 Å². The number of esters is 1. The molecule has 1 aliphatic heterocycles. The highest BCUT2D eigenvalue weighted by atomic mass is 16.5. The molecule has 1 atom stereocenters. The van der Waals surface area contributed by atoms with Gasteiger partial charge in [0.2, 0.25) is 5.88 Å². The molecule has 2 rings (SSSR count). The van der Waals surface area contributed by atoms with Crippen molar-refractivity contribution in [3.63, 3.8) is 0 Å². The fourth-order valence-corrected chi connectivity index (χ4v) is 2.62. The van der Waals surface area contributed by atoms with Crippen LogP contribution in [-0.2, 0) is 16.1 Å². The molecule has 110 valence electrons. The number of aromatic nitrogens is 1. The van der Waals surface area contributed by atoms with Crippen LogP contribution in [0.2, 0.25) is 0 Å². The molecule has 0 saturated carbocycles. The van der Waals surface area contributed by atoms with Crippen molar-refractivity contribution in [2.24, 2.45) is 5.92 Å². The minimum Gasteiger partial charge on any atom is -0.481 e. The fraction of sp³-hybridized carbons (Fsp3) is 0.600. The van der Waals surface area contributed by atoms with E-state index in [0.717, 1.165) is 38.0 Å². The molecule has 1 saturated heterocycles. The second kappa shape index (κ2) is 7.24. The number of hydrogen-bond acceptors (Lipinski definition) is 5. The summed E-state index contributed by atoms with van der Waals surface area (Å²) in [4.78, 5) is 18.3. The van der Waals surface area contributed by atoms with Crippen LogP contribution in [0.4, 0.5) is 0 Å². The van der Waals surface area contributed by atoms with Crippen LogP contribution in [0.5, 0.6) is 5.88 Å². The van der Waals surface area contributed by atoms with Gasteiger partial charge >= 0.3 is 5.97 Å². The van der Waals surface area contributed by atoms with E-state index in [9.17, 15) is 4.79 Å². The summed E-state index contributed by atoms with van der Waals surface area (Å²) in [6.45, 7) is 4.79. The molecular weight excluding hydrogens is 256 g/mol. The largest absolute Gasteiger partial charge is 0.481 e. The Hall–Kier alpha value is -1.62. The van der Waals surface area contributed by atoms with Crippen molar-refractivity contribution in [2.45, 2.75) is 26.3 Å². The molecule has 5 heteroatoms. The Bertz CT molecular complexity index is 450. The molecule has 5 nitrogen and oxygen atoms in total. The first-order chi connectivity index (χ1) is 9.74. The van der Waals surface area contributed by atoms with Crippen LogP contribution in [-0.4, -0.2) is 42.7 Å². The van der Waals surface area contributed by atoms with E-state index in [1.54, 1.807) is 13.3 Å². The van der Waals surface area contributed by atoms with E-state index in [1.165, 1.54) is 0 Å². The van der Waals surface area contributed by atoms with Crippen LogP contribution < -0.4 is 4.74 Å². The summed E-state index contributed by atoms with van der Waals surface area (Å²) in [7, 11) is 1.63. The van der Waals surface area contributed by atoms with Gasteiger partial charge in [0.25, 0.3) is 0 Å². The lowest BCUT2D eigenvalue weighted by atomic mass is 9.98. The van der Waals surface area contributed by atoms with Crippen molar-refractivity contribution in [3.8, 4) is 5.88 Å². The van der Waals surface area contributed by atoms with Crippen molar-refractivity contribution in [3.05, 3.63) is 23.9 Å². The SMILES string of the molecule is CCOC(=O)[C@@H]1CCCN(Cc2cccnc2OC)C1. The van der Waals surface area contributed by atoms with Gasteiger partial charge in [-0.1, -0.05) is 6.07 Å². The van der Waals surface area contributed by atoms with E-state index in [2.05, 4.69) is 9.88 Å². The topological polar surface area (TPSA) is 51.7 Å². The van der Waals surface area contributed by atoms with Gasteiger partial charge in [0, 0.05) is 24.8 Å². The zero-order chi connectivity index (χ0) is 14.4. The number of rotatable bonds is 5. The third-order valence-electron chi connectivity index (χ3n) is 3.56. The van der Waals surface area contributed by atoms with E-state index < -0.39 is 0 Å². The average molecular weight is 278 g/mol. The molecule has 0 radical (unpaired) electrons. The molecular formula is C15H22N2O3. The first-order valence-electron chi connectivity index (χ1n) is 7.11. The highest BCUT2D eigenvalue weighted by molar-refractivity contribution is 5.72. The highest BCUT2D eigenvalue weighted by Crippen LogP contribution is 2.22. The summed E-state index contributed by atoms with van der Waals surface area (Å²) in [5, 5.41) is 0. The van der Waals surface area contributed by atoms with Crippen LogP contribution >= 0.6 is 0 Å². The predicted molar refractivity (Wildman–Crippen MR) is 75.4 cm³/mol. The number of hydrogen-bond donors (Lipinski definition) is 0. The summed E-state index contributed by atoms with van der Waals surface area (Å²) in [6, 6.07) is 3.92. The van der Waals surface area contributed by atoms with Crippen molar-refractivity contribution in [2.75, 3.05) is 26.8 Å². The molecule has 0 spiro atoms. The maximum atomic E-state index is 11.8. The lowest BCUT2D eigenvalue weighted by Gasteiger charge is -2.31. The molecule has 1 aromatic rings. The highest BCUT2D eigenvalue weighted by Gasteiger charge is 2.27. The molecule has 0 aliphatic carbocycles. The minimum atomic E-state index is -0.0737. The maximum Gasteiger partial charge on any atom is 0.310 e. The smallest absolute Gasteiger partial charge is 0.310 e. The number of likely N-dealkylation sites (tertiary alicyclic amines) is 1. The zero-order valence-corrected chi connectivity index (χ0v) is 12.2. The van der Waals surface area contributed by atoms with Crippen LogP contribution in [0.1, 0.15) is 25.3 Å². The van der Waals surface area contributed by atoms with E-state index in [-0.39, 0.29) is 11.9 Å². The molecule has 0 N–H and O–H groups in total. The van der Waals surface area contributed by atoms with Gasteiger partial charge in [-0.25, -0.2) is 4.98 Å². The van der Waals surface area contributed by atoms with Gasteiger partial charge in [-0.3, -0.25) is 9.69 Å². The molecule has 0 bridgehead atoms. The van der Waals surface area contributed by atoms with Crippen LogP contribution in [0.25, 0.3) is 0 Å². The number of carbonyl (C=O) groups is 1. The van der Waals surface area contributed by atoms with Crippen LogP contribution in [0, 0.1) is 5.92 Å². The maximum absolute atomic E-state index is 11.8. The van der Waals surface area contributed by atoms with E-state index in [4.69, 9.17) is 9.47 Å². The monoisotopic (exact) mass is 278 g/mol. The molecule has 0 amide bonds. The lowest BCUT2D eigenvalue weighted by molar-refractivity contribution is -0.150. The third-order valence-corrected chi connectivity index (χ3v) is 3.56. The predicted octanol–water partition coefficient (Wildman–Crippen LogP) is 1.87. The second-order valence-corrected chi connectivity index (χ2v) is 5.00. The lowest BCUT2D eigenvalue weighted by Crippen LogP contribution is -2.39. The van der Waals surface area contributed by atoms with E-state index >= 15 is 0 Å². The Balaban J connectivity index is 1.97. The van der Waals surface area contributed by atoms with Gasteiger partial charge in [0.15, 0.2) is 0 Å². The Labute approximate surface area is 119 Å². The number of nitrogens with zero attached hydrogens (tertiary/aromatic N) is 2. The summed E-state index contributed by atoms with van der Waals surface area (Å²) in [5.74, 6) is 0.576. The van der Waals surface area contributed by atoms with Crippen molar-refractivity contribution in [1.82, 2.24) is 9.88 Å². The summed E-state index contributed by atoms with van der Waals surface area (Å²) >= 11 is 0. The summed E-state index contributed by atoms with van der Waals surface area (Å²) in [5.41, 5.74) is 1.06. The molecule has 0 unspecified atom stereocenters. The number of ether oxygens (including phenoxy) is 2. The standard InChI is InChI=1S/C15H22N2O3/c1-3-20-15(18)13-7-5-9-17(11-13)10-12-6-4-8-16-14(12)19-2/h4,6,8,13H,3,5,7,9-11H2,1-2H3/t13-/m1/s1. The minimum absolute atomic E-state index is 0.00799. The average Bonchev–Trinajstić information content (AvgIpc) is 2.48. The second-order valence-electron chi connectivity index (χ2n) is 5.00. The summed E-state index contributed by atoms with van der Waals surface area (Å²) in [6.07, 6.45) is 3.66. The van der Waals surface area contributed by atoms with Crippen molar-refractivity contribution < 1.29 is 14.3 Å². The molecule has 0 aromatic carbocycles. The number of piperidine rings is 1. The summed E-state index contributed by atoms with van der Waals surface area (Å²) < 4.78 is 10.4. The van der Waals surface area contributed by atoms with Crippen molar-refractivity contribution >= 4 is 5.97 Å². The molecule has 1 aliphatic rings. The molecule has 1 aromatic heterocycles. The Kier molecular flexibility index (Phi) is 5.35. The number of methoxy groups -OCH3 is 1. The van der Waals surface area contributed by atoms with E-state index in [0.29, 0.717) is 12.5 Å². The first kappa shape index (κ1) is 14.8. The van der Waals surface area contributed by atoms with Crippen LogP contribution in [0.15, 0.2) is 18.3 Å². The fourth-order valence-electron chi connectivity index (χ4n) is 2.62. The van der Waals surface area contributed by atoms with Crippen molar-refractivity contribution in [1.29, 1.82) is 0 Å². The zero-order valence-electron chi connectivity index (χ0n) is 12.2. The van der Waals surface area contributed by atoms with Gasteiger partial charge < -0.3 is 9.47 Å². The normalized spacial score (nSPS) is 19.6. The third kappa shape index (κ3) is 3.70. The van der Waals surface area contributed by atoms with Crippen LogP contribution in [0.3, 0.4) is 0 Å². The molecule has 2 heterocycles. The number of pyridine rings is 1. The van der Waals surface area contributed by atoms with E-state index in [1.807, 2.05) is 19.1 Å². The van der Waals surface area contributed by atoms with Gasteiger partial charge in [-0.15, -0.1) is 0 Å². The van der Waals surface area contributed by atoms with Gasteiger partial charge in [0.1, 0.15) is 0 Å². The Morgan fingerprint density at radius 2 is 2.40 bits per heavy atom. The van der Waals surface area contributed by atoms with Gasteiger partial charge in [-0.2, -0.15) is 0 Å². The quantitative estimate of drug-likeness (QED) is 0.770. The Morgan fingerprint density at radius 1 is 1.55 bits per heavy atom. The molecule has 20 heavy (non-hydrogen) atoms. The first-order valence-corrected chi connectivity index (χ1v) is 7.11.